The average Bonchev–Trinajstić information content (AvgIpc) is 2.56. The molecule has 116 valence electrons. The number of nitrogens with zero attached hydrogens (tertiary/aromatic N) is 2. The molecule has 0 unspecified atom stereocenters. The van der Waals surface area contributed by atoms with Gasteiger partial charge in [0, 0.05) is 18.3 Å². The lowest BCUT2D eigenvalue weighted by atomic mass is 10.2. The van der Waals surface area contributed by atoms with Crippen LogP contribution in [0.2, 0.25) is 5.02 Å². The molecule has 0 bridgehead atoms. The monoisotopic (exact) mass is 324 g/mol. The summed E-state index contributed by atoms with van der Waals surface area (Å²) in [6.45, 7) is 2.65. The zero-order valence-corrected chi connectivity index (χ0v) is 13.5. The summed E-state index contributed by atoms with van der Waals surface area (Å²) in [5.74, 6) is 1.30. The Morgan fingerprint density at radius 1 is 0.957 bits per heavy atom. The van der Waals surface area contributed by atoms with Gasteiger partial charge >= 0.3 is 0 Å². The molecule has 0 saturated heterocycles. The Bertz CT molecular complexity index is 790. The zero-order valence-electron chi connectivity index (χ0n) is 12.8. The highest BCUT2D eigenvalue weighted by Crippen LogP contribution is 2.24. The summed E-state index contributed by atoms with van der Waals surface area (Å²) in [5.41, 5.74) is 2.86. The lowest BCUT2D eigenvalue weighted by Crippen LogP contribution is -2.05. The summed E-state index contributed by atoms with van der Waals surface area (Å²) in [4.78, 5) is 8.90. The highest BCUT2D eigenvalue weighted by Gasteiger charge is 2.05. The van der Waals surface area contributed by atoms with Gasteiger partial charge in [0.2, 0.25) is 5.95 Å². The SMILES string of the molecule is Cc1cc(NCc2ccccc2)nc(Nc2ccccc2Cl)n1. The summed E-state index contributed by atoms with van der Waals surface area (Å²) in [5, 5.41) is 7.11. The first-order chi connectivity index (χ1) is 11.2. The van der Waals surface area contributed by atoms with Gasteiger partial charge in [-0.15, -0.1) is 0 Å². The van der Waals surface area contributed by atoms with Crippen LogP contribution in [-0.4, -0.2) is 9.97 Å². The molecular weight excluding hydrogens is 308 g/mol. The maximum atomic E-state index is 6.16. The van der Waals surface area contributed by atoms with Gasteiger partial charge in [0.25, 0.3) is 0 Å². The van der Waals surface area contributed by atoms with Crippen molar-refractivity contribution in [3.8, 4) is 0 Å². The van der Waals surface area contributed by atoms with E-state index in [9.17, 15) is 0 Å². The van der Waals surface area contributed by atoms with Crippen molar-refractivity contribution < 1.29 is 0 Å². The van der Waals surface area contributed by atoms with E-state index >= 15 is 0 Å². The number of hydrogen-bond donors (Lipinski definition) is 2. The minimum Gasteiger partial charge on any atom is -0.366 e. The van der Waals surface area contributed by atoms with E-state index in [0.29, 0.717) is 17.5 Å². The third kappa shape index (κ3) is 4.20. The highest BCUT2D eigenvalue weighted by molar-refractivity contribution is 6.33. The number of halogens is 1. The smallest absolute Gasteiger partial charge is 0.229 e. The van der Waals surface area contributed by atoms with Crippen LogP contribution < -0.4 is 10.6 Å². The molecule has 0 amide bonds. The number of para-hydroxylation sites is 1. The molecule has 3 aromatic rings. The van der Waals surface area contributed by atoms with Crippen LogP contribution in [0.25, 0.3) is 0 Å². The highest BCUT2D eigenvalue weighted by atomic mass is 35.5. The van der Waals surface area contributed by atoms with Crippen LogP contribution in [0.3, 0.4) is 0 Å². The minimum absolute atomic E-state index is 0.522. The summed E-state index contributed by atoms with van der Waals surface area (Å²) in [6.07, 6.45) is 0. The first-order valence-electron chi connectivity index (χ1n) is 7.36. The zero-order chi connectivity index (χ0) is 16.1. The minimum atomic E-state index is 0.522. The standard InChI is InChI=1S/C18H17ClN4/c1-13-11-17(20-12-14-7-3-2-4-8-14)23-18(21-13)22-16-10-6-5-9-15(16)19/h2-11H,12H2,1H3,(H2,20,21,22,23). The normalized spacial score (nSPS) is 10.3. The van der Waals surface area contributed by atoms with Crippen LogP contribution in [0.1, 0.15) is 11.3 Å². The van der Waals surface area contributed by atoms with Crippen molar-refractivity contribution in [3.63, 3.8) is 0 Å². The molecule has 0 radical (unpaired) electrons. The van der Waals surface area contributed by atoms with E-state index < -0.39 is 0 Å². The second-order valence-electron chi connectivity index (χ2n) is 5.16. The van der Waals surface area contributed by atoms with Gasteiger partial charge in [-0.25, -0.2) is 4.98 Å². The van der Waals surface area contributed by atoms with Crippen LogP contribution in [0, 0.1) is 6.92 Å². The molecule has 1 heterocycles. The number of hydrogen-bond acceptors (Lipinski definition) is 4. The van der Waals surface area contributed by atoms with Crippen LogP contribution >= 0.6 is 11.6 Å². The van der Waals surface area contributed by atoms with Gasteiger partial charge < -0.3 is 10.6 Å². The third-order valence-electron chi connectivity index (χ3n) is 3.29. The van der Waals surface area contributed by atoms with Crippen molar-refractivity contribution in [2.45, 2.75) is 13.5 Å². The van der Waals surface area contributed by atoms with Crippen LogP contribution in [0.5, 0.6) is 0 Å². The van der Waals surface area contributed by atoms with Gasteiger partial charge in [0.05, 0.1) is 10.7 Å². The molecule has 2 N–H and O–H groups in total. The predicted octanol–water partition coefficient (Wildman–Crippen LogP) is 4.79. The Hall–Kier alpha value is -2.59. The first kappa shape index (κ1) is 15.3. The van der Waals surface area contributed by atoms with Crippen LogP contribution in [0.15, 0.2) is 60.7 Å². The fourth-order valence-electron chi connectivity index (χ4n) is 2.19. The molecule has 0 aliphatic carbocycles. The molecule has 0 saturated carbocycles. The van der Waals surface area contributed by atoms with Crippen molar-refractivity contribution in [3.05, 3.63) is 76.9 Å². The average molecular weight is 325 g/mol. The molecule has 0 aliphatic heterocycles. The predicted molar refractivity (Wildman–Crippen MR) is 95.3 cm³/mol. The molecule has 4 nitrogen and oxygen atoms in total. The lowest BCUT2D eigenvalue weighted by molar-refractivity contribution is 1.06. The van der Waals surface area contributed by atoms with Crippen molar-refractivity contribution in [1.29, 1.82) is 0 Å². The van der Waals surface area contributed by atoms with Gasteiger partial charge in [0.1, 0.15) is 5.82 Å². The Morgan fingerprint density at radius 2 is 1.70 bits per heavy atom. The maximum absolute atomic E-state index is 6.16. The summed E-state index contributed by atoms with van der Waals surface area (Å²) < 4.78 is 0. The summed E-state index contributed by atoms with van der Waals surface area (Å²) in [7, 11) is 0. The second kappa shape index (κ2) is 7.11. The number of anilines is 3. The molecule has 3 rings (SSSR count). The van der Waals surface area contributed by atoms with Gasteiger partial charge in [-0.05, 0) is 24.6 Å². The Balaban J connectivity index is 1.75. The quantitative estimate of drug-likeness (QED) is 0.708. The lowest BCUT2D eigenvalue weighted by Gasteiger charge is -2.11. The number of aromatic nitrogens is 2. The fraction of sp³-hybridized carbons (Fsp3) is 0.111. The van der Waals surface area contributed by atoms with E-state index in [1.54, 1.807) is 0 Å². The van der Waals surface area contributed by atoms with E-state index in [2.05, 4.69) is 32.7 Å². The molecule has 0 aliphatic rings. The maximum Gasteiger partial charge on any atom is 0.229 e. The van der Waals surface area contributed by atoms with Crippen LogP contribution in [-0.2, 0) is 6.54 Å². The van der Waals surface area contributed by atoms with Crippen molar-refractivity contribution in [1.82, 2.24) is 9.97 Å². The largest absolute Gasteiger partial charge is 0.366 e. The first-order valence-corrected chi connectivity index (χ1v) is 7.73. The van der Waals surface area contributed by atoms with Crippen molar-refractivity contribution in [2.24, 2.45) is 0 Å². The van der Waals surface area contributed by atoms with E-state index in [1.165, 1.54) is 5.56 Å². The Morgan fingerprint density at radius 3 is 2.48 bits per heavy atom. The number of nitrogens with one attached hydrogen (secondary N) is 2. The number of rotatable bonds is 5. The Kier molecular flexibility index (Phi) is 4.74. The molecule has 0 spiro atoms. The molecule has 2 aromatic carbocycles. The number of aryl methyl sites for hydroxylation is 1. The summed E-state index contributed by atoms with van der Waals surface area (Å²) in [6, 6.07) is 19.6. The third-order valence-corrected chi connectivity index (χ3v) is 3.62. The molecule has 0 fully saturated rings. The van der Waals surface area contributed by atoms with Crippen LogP contribution in [0.4, 0.5) is 17.5 Å². The fourth-order valence-corrected chi connectivity index (χ4v) is 2.37. The van der Waals surface area contributed by atoms with Gasteiger partial charge in [-0.2, -0.15) is 4.98 Å². The van der Waals surface area contributed by atoms with E-state index in [-0.39, 0.29) is 0 Å². The van der Waals surface area contributed by atoms with Gasteiger partial charge in [-0.1, -0.05) is 54.1 Å². The van der Waals surface area contributed by atoms with E-state index in [1.807, 2.05) is 55.5 Å². The van der Waals surface area contributed by atoms with E-state index in [4.69, 9.17) is 11.6 Å². The summed E-state index contributed by atoms with van der Waals surface area (Å²) >= 11 is 6.16. The molecule has 5 heteroatoms. The van der Waals surface area contributed by atoms with Gasteiger partial charge in [-0.3, -0.25) is 0 Å². The second-order valence-corrected chi connectivity index (χ2v) is 5.57. The molecular formula is C18H17ClN4. The molecule has 0 atom stereocenters. The van der Waals surface area contributed by atoms with E-state index in [0.717, 1.165) is 17.2 Å². The molecule has 23 heavy (non-hydrogen) atoms. The Labute approximate surface area is 140 Å². The number of benzene rings is 2. The topological polar surface area (TPSA) is 49.8 Å². The molecule has 1 aromatic heterocycles. The van der Waals surface area contributed by atoms with Crippen molar-refractivity contribution >= 4 is 29.1 Å². The van der Waals surface area contributed by atoms with Crippen molar-refractivity contribution in [2.75, 3.05) is 10.6 Å². The van der Waals surface area contributed by atoms with Gasteiger partial charge in [0.15, 0.2) is 0 Å².